The van der Waals surface area contributed by atoms with Crippen molar-refractivity contribution in [2.24, 2.45) is 0 Å². The lowest BCUT2D eigenvalue weighted by Gasteiger charge is -2.41. The van der Waals surface area contributed by atoms with Gasteiger partial charge < -0.3 is 4.74 Å². The highest BCUT2D eigenvalue weighted by atomic mass is 19.1. The van der Waals surface area contributed by atoms with Crippen molar-refractivity contribution in [3.63, 3.8) is 0 Å². The summed E-state index contributed by atoms with van der Waals surface area (Å²) >= 11 is 0. The number of hydrogen-bond acceptors (Lipinski definition) is 3. The molecule has 0 bridgehead atoms. The molecular weight excluding hydrogens is 255 g/mol. The van der Waals surface area contributed by atoms with Crippen LogP contribution in [0.5, 0.6) is 5.75 Å². The van der Waals surface area contributed by atoms with Crippen LogP contribution in [0.25, 0.3) is 0 Å². The van der Waals surface area contributed by atoms with Crippen molar-refractivity contribution in [2.75, 3.05) is 7.11 Å². The lowest BCUT2D eigenvalue weighted by molar-refractivity contribution is 0.0320. The first-order valence-corrected chi connectivity index (χ1v) is 7.41. The lowest BCUT2D eigenvalue weighted by atomic mass is 9.99. The average Bonchev–Trinajstić information content (AvgIpc) is 2.42. The Hall–Kier alpha value is -1.13. The van der Waals surface area contributed by atoms with Crippen LogP contribution in [-0.4, -0.2) is 24.2 Å². The summed E-state index contributed by atoms with van der Waals surface area (Å²) in [5.74, 6) is -0.0148. The number of ether oxygens (including phenoxy) is 1. The van der Waals surface area contributed by atoms with Gasteiger partial charge >= 0.3 is 0 Å². The molecule has 4 heteroatoms. The zero-order valence-corrected chi connectivity index (χ0v) is 12.8. The molecule has 0 aliphatic carbocycles. The predicted octanol–water partition coefficient (Wildman–Crippen LogP) is 3.66. The second-order valence-electron chi connectivity index (χ2n) is 5.78. The summed E-state index contributed by atoms with van der Waals surface area (Å²) in [6.45, 7) is 6.54. The van der Waals surface area contributed by atoms with Gasteiger partial charge in [-0.3, -0.25) is 0 Å². The summed E-state index contributed by atoms with van der Waals surface area (Å²) in [4.78, 5) is 0. The summed E-state index contributed by atoms with van der Waals surface area (Å²) in [6.07, 6.45) is 3.70. The molecule has 112 valence electrons. The molecule has 0 radical (unpaired) electrons. The van der Waals surface area contributed by atoms with E-state index in [0.29, 0.717) is 17.8 Å². The molecule has 0 aromatic heterocycles. The molecule has 0 amide bonds. The van der Waals surface area contributed by atoms with Gasteiger partial charge in [0.1, 0.15) is 0 Å². The van der Waals surface area contributed by atoms with E-state index < -0.39 is 0 Å². The molecule has 3 atom stereocenters. The minimum Gasteiger partial charge on any atom is -0.494 e. The number of hydrogen-bond donors (Lipinski definition) is 1. The fourth-order valence-electron chi connectivity index (χ4n) is 2.93. The normalized spacial score (nSPS) is 25.4. The molecule has 1 aliphatic rings. The highest BCUT2D eigenvalue weighted by Gasteiger charge is 2.26. The van der Waals surface area contributed by atoms with Crippen LogP contribution in [0.4, 0.5) is 4.39 Å². The van der Waals surface area contributed by atoms with Crippen molar-refractivity contribution >= 4 is 0 Å². The zero-order chi connectivity index (χ0) is 14.7. The molecule has 0 saturated carbocycles. The molecule has 1 saturated heterocycles. The van der Waals surface area contributed by atoms with Crippen LogP contribution in [-0.2, 0) is 0 Å². The van der Waals surface area contributed by atoms with E-state index in [1.54, 1.807) is 12.1 Å². The third kappa shape index (κ3) is 3.30. The highest BCUT2D eigenvalue weighted by Crippen LogP contribution is 2.25. The number of piperidine rings is 1. The smallest absolute Gasteiger partial charge is 0.165 e. The monoisotopic (exact) mass is 280 g/mol. The Kier molecular flexibility index (Phi) is 5.00. The molecule has 1 heterocycles. The van der Waals surface area contributed by atoms with Gasteiger partial charge in [-0.1, -0.05) is 12.5 Å². The average molecular weight is 280 g/mol. The maximum absolute atomic E-state index is 13.8. The van der Waals surface area contributed by atoms with E-state index in [9.17, 15) is 4.39 Å². The largest absolute Gasteiger partial charge is 0.494 e. The summed E-state index contributed by atoms with van der Waals surface area (Å²) in [6, 6.07) is 6.27. The fourth-order valence-corrected chi connectivity index (χ4v) is 2.93. The quantitative estimate of drug-likeness (QED) is 0.911. The molecule has 2 rings (SSSR count). The molecule has 1 fully saturated rings. The van der Waals surface area contributed by atoms with Gasteiger partial charge in [-0.25, -0.2) is 14.8 Å². The number of benzene rings is 1. The number of rotatable bonds is 4. The predicted molar refractivity (Wildman–Crippen MR) is 79.1 cm³/mol. The van der Waals surface area contributed by atoms with Crippen molar-refractivity contribution in [1.82, 2.24) is 10.4 Å². The number of hydrazine groups is 1. The van der Waals surface area contributed by atoms with Crippen molar-refractivity contribution in [3.05, 3.63) is 29.6 Å². The van der Waals surface area contributed by atoms with Crippen LogP contribution >= 0.6 is 0 Å². The maximum atomic E-state index is 13.8. The van der Waals surface area contributed by atoms with Gasteiger partial charge in [0.2, 0.25) is 0 Å². The summed E-state index contributed by atoms with van der Waals surface area (Å²) in [5, 5.41) is 2.32. The summed E-state index contributed by atoms with van der Waals surface area (Å²) in [5.41, 5.74) is 4.46. The first kappa shape index (κ1) is 15.3. The van der Waals surface area contributed by atoms with Crippen molar-refractivity contribution in [2.45, 2.75) is 58.2 Å². The van der Waals surface area contributed by atoms with E-state index in [2.05, 4.69) is 31.2 Å². The molecular formula is C16H25FN2O. The SMILES string of the molecule is COc1ccc(C(C)NN2C(C)CCCC2C)cc1F. The molecule has 1 aromatic rings. The third-order valence-electron chi connectivity index (χ3n) is 4.21. The molecule has 1 N–H and O–H groups in total. The van der Waals surface area contributed by atoms with Crippen LogP contribution < -0.4 is 10.2 Å². The maximum Gasteiger partial charge on any atom is 0.165 e. The minimum atomic E-state index is -0.307. The van der Waals surface area contributed by atoms with Gasteiger partial charge in [0.25, 0.3) is 0 Å². The molecule has 20 heavy (non-hydrogen) atoms. The number of nitrogens with zero attached hydrogens (tertiary/aromatic N) is 1. The van der Waals surface area contributed by atoms with Crippen molar-refractivity contribution < 1.29 is 9.13 Å². The lowest BCUT2D eigenvalue weighted by Crippen LogP contribution is -2.52. The Morgan fingerprint density at radius 2 is 1.95 bits per heavy atom. The second-order valence-corrected chi connectivity index (χ2v) is 5.78. The number of nitrogens with one attached hydrogen (secondary N) is 1. The number of halogens is 1. The van der Waals surface area contributed by atoms with E-state index in [4.69, 9.17) is 4.74 Å². The second kappa shape index (κ2) is 6.55. The summed E-state index contributed by atoms with van der Waals surface area (Å²) < 4.78 is 18.7. The molecule has 3 nitrogen and oxygen atoms in total. The standard InChI is InChI=1S/C16H25FN2O/c1-11-6-5-7-12(2)19(11)18-13(3)14-8-9-16(20-4)15(17)10-14/h8-13,18H,5-7H2,1-4H3. The van der Waals surface area contributed by atoms with Crippen molar-refractivity contribution in [3.8, 4) is 5.75 Å². The van der Waals surface area contributed by atoms with Gasteiger partial charge in [0.05, 0.1) is 7.11 Å². The van der Waals surface area contributed by atoms with Gasteiger partial charge in [0, 0.05) is 18.1 Å². The van der Waals surface area contributed by atoms with Gasteiger partial charge in [-0.15, -0.1) is 0 Å². The van der Waals surface area contributed by atoms with E-state index >= 15 is 0 Å². The van der Waals surface area contributed by atoms with Gasteiger partial charge in [-0.2, -0.15) is 0 Å². The van der Waals surface area contributed by atoms with Crippen LogP contribution in [0.3, 0.4) is 0 Å². The van der Waals surface area contributed by atoms with Gasteiger partial charge in [0.15, 0.2) is 11.6 Å². The van der Waals surface area contributed by atoms with E-state index in [1.165, 1.54) is 26.4 Å². The van der Waals surface area contributed by atoms with Gasteiger partial charge in [-0.05, 0) is 51.3 Å². The molecule has 1 aromatic carbocycles. The fraction of sp³-hybridized carbons (Fsp3) is 0.625. The van der Waals surface area contributed by atoms with Crippen LogP contribution in [0.2, 0.25) is 0 Å². The Morgan fingerprint density at radius 1 is 1.30 bits per heavy atom. The summed E-state index contributed by atoms with van der Waals surface area (Å²) in [7, 11) is 1.48. The Morgan fingerprint density at radius 3 is 2.50 bits per heavy atom. The highest BCUT2D eigenvalue weighted by molar-refractivity contribution is 5.30. The first-order chi connectivity index (χ1) is 9.52. The van der Waals surface area contributed by atoms with Crippen LogP contribution in [0.1, 0.15) is 51.6 Å². The topological polar surface area (TPSA) is 24.5 Å². The third-order valence-corrected chi connectivity index (χ3v) is 4.21. The van der Waals surface area contributed by atoms with E-state index in [0.717, 1.165) is 5.56 Å². The number of methoxy groups -OCH3 is 1. The van der Waals surface area contributed by atoms with E-state index in [1.807, 2.05) is 6.07 Å². The Balaban J connectivity index is 2.07. The Bertz CT molecular complexity index is 442. The van der Waals surface area contributed by atoms with Crippen LogP contribution in [0.15, 0.2) is 18.2 Å². The molecule has 3 unspecified atom stereocenters. The van der Waals surface area contributed by atoms with Crippen LogP contribution in [0, 0.1) is 5.82 Å². The zero-order valence-electron chi connectivity index (χ0n) is 12.8. The molecule has 1 aliphatic heterocycles. The van der Waals surface area contributed by atoms with E-state index in [-0.39, 0.29) is 11.9 Å². The Labute approximate surface area is 121 Å². The van der Waals surface area contributed by atoms with Crippen molar-refractivity contribution in [1.29, 1.82) is 0 Å². The minimum absolute atomic E-state index is 0.0819. The molecule has 0 spiro atoms. The first-order valence-electron chi connectivity index (χ1n) is 7.41.